The standard InChI is InChI=1S/C3H2NSi/c4-2-1-3-5/h1,3H. The fourth-order valence-corrected chi connectivity index (χ4v) is 0.112. The summed E-state index contributed by atoms with van der Waals surface area (Å²) in [6, 6.07) is 1.79. The number of rotatable bonds is 0. The fraction of sp³-hybridized carbons (Fsp3) is 0. The van der Waals surface area contributed by atoms with Crippen molar-refractivity contribution in [3.63, 3.8) is 0 Å². The van der Waals surface area contributed by atoms with Gasteiger partial charge in [0.05, 0.1) is 16.3 Å². The van der Waals surface area contributed by atoms with Gasteiger partial charge in [-0.1, -0.05) is 5.70 Å². The number of hydrogen-bond acceptors (Lipinski definition) is 1. The van der Waals surface area contributed by atoms with Crippen molar-refractivity contribution in [3.8, 4) is 6.07 Å². The van der Waals surface area contributed by atoms with E-state index in [0.29, 0.717) is 0 Å². The Morgan fingerprint density at radius 3 is 2.40 bits per heavy atom. The second-order valence-electron chi connectivity index (χ2n) is 0.462. The van der Waals surface area contributed by atoms with Crippen LogP contribution in [-0.4, -0.2) is 10.2 Å². The van der Waals surface area contributed by atoms with Crippen molar-refractivity contribution >= 4 is 10.2 Å². The molecule has 0 aliphatic carbocycles. The summed E-state index contributed by atoms with van der Waals surface area (Å²) in [6.07, 6.45) is 1.34. The molecule has 0 fully saturated rings. The first-order valence-electron chi connectivity index (χ1n) is 1.13. The maximum atomic E-state index is 7.70. The van der Waals surface area contributed by atoms with Crippen LogP contribution in [0.1, 0.15) is 0 Å². The summed E-state index contributed by atoms with van der Waals surface area (Å²) in [7, 11) is 2.95. The SMILES string of the molecule is N#CC=C[Si]. The molecule has 0 aliphatic heterocycles. The van der Waals surface area contributed by atoms with Crippen LogP contribution in [0.2, 0.25) is 0 Å². The Kier molecular flexibility index (Phi) is 3.07. The highest BCUT2D eigenvalue weighted by Gasteiger charge is 1.46. The molecule has 0 amide bonds. The lowest BCUT2D eigenvalue weighted by molar-refractivity contribution is 1.54. The number of nitriles is 1. The summed E-state index contributed by atoms with van der Waals surface area (Å²) < 4.78 is 0. The molecule has 23 valence electrons. The van der Waals surface area contributed by atoms with E-state index in [1.165, 1.54) is 11.8 Å². The highest BCUT2D eigenvalue weighted by Crippen LogP contribution is 1.52. The zero-order valence-corrected chi connectivity index (χ0v) is 3.60. The first-order chi connectivity index (χ1) is 2.41. The van der Waals surface area contributed by atoms with Crippen LogP contribution in [0.3, 0.4) is 0 Å². The quantitative estimate of drug-likeness (QED) is 0.301. The van der Waals surface area contributed by atoms with Crippen molar-refractivity contribution in [2.45, 2.75) is 0 Å². The van der Waals surface area contributed by atoms with Gasteiger partial charge < -0.3 is 0 Å². The van der Waals surface area contributed by atoms with Crippen LogP contribution in [-0.2, 0) is 0 Å². The van der Waals surface area contributed by atoms with E-state index in [0.717, 1.165) is 0 Å². The van der Waals surface area contributed by atoms with Crippen molar-refractivity contribution in [2.24, 2.45) is 0 Å². The Balaban J connectivity index is 3.04. The molecule has 0 saturated carbocycles. The molecule has 0 spiro atoms. The first kappa shape index (κ1) is 4.45. The van der Waals surface area contributed by atoms with Gasteiger partial charge in [0.25, 0.3) is 0 Å². The predicted octanol–water partition coefficient (Wildman–Crippen LogP) is 0.192. The molecule has 0 saturated heterocycles. The second kappa shape index (κ2) is 3.45. The number of allylic oxidation sites excluding steroid dienone is 1. The van der Waals surface area contributed by atoms with Crippen LogP contribution in [0, 0.1) is 11.3 Å². The molecule has 3 radical (unpaired) electrons. The number of hydrogen-bond donors (Lipinski definition) is 0. The molecular weight excluding hydrogens is 78.1 g/mol. The third kappa shape index (κ3) is 3.45. The van der Waals surface area contributed by atoms with E-state index < -0.39 is 0 Å². The molecule has 0 aromatic carbocycles. The van der Waals surface area contributed by atoms with Gasteiger partial charge in [-0.2, -0.15) is 5.26 Å². The van der Waals surface area contributed by atoms with Gasteiger partial charge in [-0.3, -0.25) is 0 Å². The van der Waals surface area contributed by atoms with Gasteiger partial charge in [0.2, 0.25) is 0 Å². The van der Waals surface area contributed by atoms with E-state index in [1.54, 1.807) is 6.07 Å². The molecule has 0 rings (SSSR count). The summed E-state index contributed by atoms with van der Waals surface area (Å²) in [6.45, 7) is 0. The second-order valence-corrected chi connectivity index (χ2v) is 0.796. The van der Waals surface area contributed by atoms with Crippen molar-refractivity contribution < 1.29 is 0 Å². The third-order valence-electron chi connectivity index (χ3n) is 0.158. The fourth-order valence-electron chi connectivity index (χ4n) is 0.0373. The normalized spacial score (nSPS) is 8.00. The van der Waals surface area contributed by atoms with Crippen LogP contribution >= 0.6 is 0 Å². The average molecular weight is 80.1 g/mol. The monoisotopic (exact) mass is 80.0 g/mol. The smallest absolute Gasteiger partial charge is 0.0904 e. The third-order valence-corrected chi connectivity index (χ3v) is 0.325. The zero-order chi connectivity index (χ0) is 4.12. The predicted molar refractivity (Wildman–Crippen MR) is 20.5 cm³/mol. The van der Waals surface area contributed by atoms with Gasteiger partial charge in [0, 0.05) is 6.08 Å². The lowest BCUT2D eigenvalue weighted by Gasteiger charge is -1.46. The largest absolute Gasteiger partial charge is 0.193 e. The van der Waals surface area contributed by atoms with Crippen LogP contribution < -0.4 is 0 Å². The van der Waals surface area contributed by atoms with E-state index in [1.807, 2.05) is 0 Å². The Morgan fingerprint density at radius 2 is 2.40 bits per heavy atom. The van der Waals surface area contributed by atoms with Crippen LogP contribution in [0.25, 0.3) is 0 Å². The molecule has 0 aliphatic rings. The summed E-state index contributed by atoms with van der Waals surface area (Å²) in [5.74, 6) is 0. The lowest BCUT2D eigenvalue weighted by atomic mass is 10.7. The summed E-state index contributed by atoms with van der Waals surface area (Å²) in [5.41, 5.74) is 1.50. The van der Waals surface area contributed by atoms with Crippen molar-refractivity contribution in [1.29, 1.82) is 5.26 Å². The van der Waals surface area contributed by atoms with Crippen molar-refractivity contribution in [3.05, 3.63) is 11.8 Å². The van der Waals surface area contributed by atoms with Gasteiger partial charge in [0.15, 0.2) is 0 Å². The molecule has 0 unspecified atom stereocenters. The van der Waals surface area contributed by atoms with Crippen LogP contribution in [0.15, 0.2) is 11.8 Å². The van der Waals surface area contributed by atoms with Gasteiger partial charge in [-0.05, 0) is 0 Å². The van der Waals surface area contributed by atoms with Crippen molar-refractivity contribution in [1.82, 2.24) is 0 Å². The minimum atomic E-state index is 1.34. The minimum absolute atomic E-state index is 1.34. The number of nitrogens with zero attached hydrogens (tertiary/aromatic N) is 1. The highest BCUT2D eigenvalue weighted by atomic mass is 28.1. The van der Waals surface area contributed by atoms with Gasteiger partial charge in [-0.25, -0.2) is 0 Å². The molecule has 5 heavy (non-hydrogen) atoms. The Hall–Kier alpha value is -0.553. The maximum Gasteiger partial charge on any atom is 0.0904 e. The molecule has 2 heteroatoms. The van der Waals surface area contributed by atoms with Crippen LogP contribution in [0.4, 0.5) is 0 Å². The Morgan fingerprint density at radius 1 is 1.80 bits per heavy atom. The highest BCUT2D eigenvalue weighted by molar-refractivity contribution is 6.17. The molecule has 0 bridgehead atoms. The summed E-state index contributed by atoms with van der Waals surface area (Å²) in [4.78, 5) is 0. The van der Waals surface area contributed by atoms with Crippen molar-refractivity contribution in [2.75, 3.05) is 0 Å². The zero-order valence-electron chi connectivity index (χ0n) is 2.60. The molecule has 0 aromatic heterocycles. The van der Waals surface area contributed by atoms with E-state index in [4.69, 9.17) is 5.26 Å². The average Bonchev–Trinajstić information content (AvgIpc) is 1.41. The topological polar surface area (TPSA) is 23.8 Å². The summed E-state index contributed by atoms with van der Waals surface area (Å²) in [5, 5.41) is 7.70. The van der Waals surface area contributed by atoms with Crippen LogP contribution in [0.5, 0.6) is 0 Å². The minimum Gasteiger partial charge on any atom is -0.193 e. The first-order valence-corrected chi connectivity index (χ1v) is 1.71. The van der Waals surface area contributed by atoms with E-state index in [2.05, 4.69) is 10.2 Å². The van der Waals surface area contributed by atoms with E-state index >= 15 is 0 Å². The maximum absolute atomic E-state index is 7.70. The molecular formula is C3H2NSi. The van der Waals surface area contributed by atoms with E-state index in [-0.39, 0.29) is 0 Å². The van der Waals surface area contributed by atoms with E-state index in [9.17, 15) is 0 Å². The molecule has 0 atom stereocenters. The molecule has 0 N–H and O–H groups in total. The summed E-state index contributed by atoms with van der Waals surface area (Å²) >= 11 is 0. The Labute approximate surface area is 34.3 Å². The molecule has 0 aromatic rings. The lowest BCUT2D eigenvalue weighted by Crippen LogP contribution is -1.44. The molecule has 1 nitrogen and oxygen atoms in total. The van der Waals surface area contributed by atoms with Gasteiger partial charge in [-0.15, -0.1) is 0 Å². The van der Waals surface area contributed by atoms with Gasteiger partial charge >= 0.3 is 0 Å². The molecule has 0 heterocycles. The Bertz CT molecular complexity index is 69.5. The van der Waals surface area contributed by atoms with Gasteiger partial charge in [0.1, 0.15) is 0 Å².